The Morgan fingerprint density at radius 1 is 1.21 bits per heavy atom. The Labute approximate surface area is 111 Å². The highest BCUT2D eigenvalue weighted by Gasteiger charge is 2.11. The van der Waals surface area contributed by atoms with Crippen molar-refractivity contribution in [3.63, 3.8) is 0 Å². The third-order valence-corrected chi connectivity index (χ3v) is 2.65. The highest BCUT2D eigenvalue weighted by molar-refractivity contribution is 6.58. The summed E-state index contributed by atoms with van der Waals surface area (Å²) >= 11 is 0. The molecule has 0 atom stereocenters. The Balaban J connectivity index is 1.96. The monoisotopic (exact) mass is 256 g/mol. The summed E-state index contributed by atoms with van der Waals surface area (Å²) in [5, 5.41) is 20.7. The van der Waals surface area contributed by atoms with Crippen LogP contribution in [0.2, 0.25) is 0 Å². The van der Waals surface area contributed by atoms with Crippen LogP contribution in [0, 0.1) is 0 Å². The van der Waals surface area contributed by atoms with E-state index in [4.69, 9.17) is 10.0 Å². The van der Waals surface area contributed by atoms with Gasteiger partial charge in [0.2, 0.25) is 0 Å². The minimum atomic E-state index is -1.52. The Morgan fingerprint density at radius 2 is 1.95 bits per heavy atom. The fraction of sp³-hybridized carbons (Fsp3) is 0.0769. The van der Waals surface area contributed by atoms with Crippen LogP contribution in [0.25, 0.3) is 0 Å². The van der Waals surface area contributed by atoms with Gasteiger partial charge in [0.1, 0.15) is 0 Å². The van der Waals surface area contributed by atoms with Crippen molar-refractivity contribution in [3.8, 4) is 0 Å². The number of carbonyl (C=O) groups is 1. The van der Waals surface area contributed by atoms with Crippen molar-refractivity contribution < 1.29 is 14.8 Å². The molecule has 0 aliphatic carbocycles. The molecule has 96 valence electrons. The van der Waals surface area contributed by atoms with E-state index >= 15 is 0 Å². The van der Waals surface area contributed by atoms with Gasteiger partial charge in [-0.3, -0.25) is 9.78 Å². The minimum Gasteiger partial charge on any atom is -0.423 e. The number of nitrogens with zero attached hydrogens (tertiary/aromatic N) is 1. The molecule has 0 fully saturated rings. The van der Waals surface area contributed by atoms with E-state index < -0.39 is 7.12 Å². The molecule has 0 saturated heterocycles. The summed E-state index contributed by atoms with van der Waals surface area (Å²) in [5.74, 6) is -0.220. The Bertz CT molecular complexity index is 544. The van der Waals surface area contributed by atoms with E-state index in [0.717, 1.165) is 5.56 Å². The molecule has 3 N–H and O–H groups in total. The van der Waals surface area contributed by atoms with Gasteiger partial charge in [-0.25, -0.2) is 0 Å². The summed E-state index contributed by atoms with van der Waals surface area (Å²) in [4.78, 5) is 15.8. The molecular weight excluding hydrogens is 243 g/mol. The maximum Gasteiger partial charge on any atom is 0.488 e. The molecule has 19 heavy (non-hydrogen) atoms. The average Bonchev–Trinajstić information content (AvgIpc) is 2.46. The van der Waals surface area contributed by atoms with Crippen molar-refractivity contribution in [1.82, 2.24) is 10.3 Å². The quantitative estimate of drug-likeness (QED) is 0.655. The molecule has 1 heterocycles. The van der Waals surface area contributed by atoms with Crippen molar-refractivity contribution >= 4 is 18.5 Å². The second-order valence-corrected chi connectivity index (χ2v) is 4.04. The normalized spacial score (nSPS) is 10.0. The van der Waals surface area contributed by atoms with E-state index in [1.807, 2.05) is 6.07 Å². The van der Waals surface area contributed by atoms with Crippen LogP contribution in [0.4, 0.5) is 0 Å². The van der Waals surface area contributed by atoms with E-state index in [9.17, 15) is 4.79 Å². The van der Waals surface area contributed by atoms with Crippen LogP contribution in [0.15, 0.2) is 48.8 Å². The Hall–Kier alpha value is -2.18. The fourth-order valence-corrected chi connectivity index (χ4v) is 1.59. The van der Waals surface area contributed by atoms with Crippen LogP contribution in [0.3, 0.4) is 0 Å². The SMILES string of the molecule is O=C(NCc1cccnc1)c1ccc(B(O)O)cc1. The lowest BCUT2D eigenvalue weighted by molar-refractivity contribution is 0.0951. The van der Waals surface area contributed by atoms with E-state index in [2.05, 4.69) is 10.3 Å². The van der Waals surface area contributed by atoms with Crippen LogP contribution < -0.4 is 10.8 Å². The van der Waals surface area contributed by atoms with Gasteiger partial charge in [-0.1, -0.05) is 18.2 Å². The summed E-state index contributed by atoms with van der Waals surface area (Å²) in [7, 11) is -1.52. The summed E-state index contributed by atoms with van der Waals surface area (Å²) in [6.07, 6.45) is 3.36. The lowest BCUT2D eigenvalue weighted by atomic mass is 9.80. The Kier molecular flexibility index (Phi) is 4.28. The largest absolute Gasteiger partial charge is 0.488 e. The maximum atomic E-state index is 11.8. The van der Waals surface area contributed by atoms with Gasteiger partial charge in [0.15, 0.2) is 0 Å². The van der Waals surface area contributed by atoms with E-state index in [0.29, 0.717) is 17.6 Å². The molecule has 0 saturated carbocycles. The van der Waals surface area contributed by atoms with Crippen LogP contribution in [-0.4, -0.2) is 28.1 Å². The van der Waals surface area contributed by atoms with Gasteiger partial charge in [-0.05, 0) is 29.2 Å². The minimum absolute atomic E-state index is 0.220. The topological polar surface area (TPSA) is 82.5 Å². The predicted octanol–water partition coefficient (Wildman–Crippen LogP) is -0.309. The molecule has 2 rings (SSSR count). The third kappa shape index (κ3) is 3.64. The predicted molar refractivity (Wildman–Crippen MR) is 71.7 cm³/mol. The molecule has 0 spiro atoms. The van der Waals surface area contributed by atoms with Crippen molar-refractivity contribution in [2.45, 2.75) is 6.54 Å². The first-order chi connectivity index (χ1) is 9.16. The number of carbonyl (C=O) groups excluding carboxylic acids is 1. The van der Waals surface area contributed by atoms with Crippen LogP contribution in [-0.2, 0) is 6.54 Å². The summed E-state index contributed by atoms with van der Waals surface area (Å²) in [5.41, 5.74) is 1.73. The van der Waals surface area contributed by atoms with E-state index in [-0.39, 0.29) is 5.91 Å². The van der Waals surface area contributed by atoms with Crippen LogP contribution >= 0.6 is 0 Å². The number of pyridine rings is 1. The first-order valence-corrected chi connectivity index (χ1v) is 5.80. The van der Waals surface area contributed by atoms with Gasteiger partial charge in [0.05, 0.1) is 0 Å². The van der Waals surface area contributed by atoms with Crippen LogP contribution in [0.5, 0.6) is 0 Å². The number of hydrogen-bond acceptors (Lipinski definition) is 4. The lowest BCUT2D eigenvalue weighted by Gasteiger charge is -2.06. The second-order valence-electron chi connectivity index (χ2n) is 4.04. The maximum absolute atomic E-state index is 11.8. The molecule has 1 amide bonds. The highest BCUT2D eigenvalue weighted by Crippen LogP contribution is 2.00. The molecule has 0 bridgehead atoms. The Morgan fingerprint density at radius 3 is 2.53 bits per heavy atom. The smallest absolute Gasteiger partial charge is 0.423 e. The van der Waals surface area contributed by atoms with Gasteiger partial charge in [0, 0.05) is 24.5 Å². The first-order valence-electron chi connectivity index (χ1n) is 5.80. The second kappa shape index (κ2) is 6.13. The van der Waals surface area contributed by atoms with Crippen molar-refractivity contribution in [3.05, 3.63) is 59.9 Å². The molecule has 0 aliphatic rings. The standard InChI is InChI=1S/C13H13BN2O3/c17-13(16-9-10-2-1-7-15-8-10)11-3-5-12(6-4-11)14(18)19/h1-8,18-19H,9H2,(H,16,17). The molecule has 1 aromatic carbocycles. The van der Waals surface area contributed by atoms with Gasteiger partial charge < -0.3 is 15.4 Å². The van der Waals surface area contributed by atoms with Crippen molar-refractivity contribution in [1.29, 1.82) is 0 Å². The van der Waals surface area contributed by atoms with Crippen molar-refractivity contribution in [2.75, 3.05) is 0 Å². The van der Waals surface area contributed by atoms with E-state index in [1.165, 1.54) is 12.1 Å². The van der Waals surface area contributed by atoms with Gasteiger partial charge in [0.25, 0.3) is 5.91 Å². The number of amides is 1. The molecule has 1 aromatic heterocycles. The summed E-state index contributed by atoms with van der Waals surface area (Å²) in [6, 6.07) is 9.78. The molecular formula is C13H13BN2O3. The number of hydrogen-bond donors (Lipinski definition) is 3. The lowest BCUT2D eigenvalue weighted by Crippen LogP contribution is -2.30. The van der Waals surface area contributed by atoms with Gasteiger partial charge in [-0.15, -0.1) is 0 Å². The highest BCUT2D eigenvalue weighted by atomic mass is 16.4. The number of nitrogens with one attached hydrogen (secondary N) is 1. The molecule has 5 nitrogen and oxygen atoms in total. The van der Waals surface area contributed by atoms with Gasteiger partial charge in [-0.2, -0.15) is 0 Å². The zero-order valence-corrected chi connectivity index (χ0v) is 10.2. The van der Waals surface area contributed by atoms with Crippen molar-refractivity contribution in [2.24, 2.45) is 0 Å². The molecule has 0 unspecified atom stereocenters. The molecule has 0 radical (unpaired) electrons. The number of benzene rings is 1. The van der Waals surface area contributed by atoms with Crippen LogP contribution in [0.1, 0.15) is 15.9 Å². The fourth-order valence-electron chi connectivity index (χ4n) is 1.59. The molecule has 6 heteroatoms. The third-order valence-electron chi connectivity index (χ3n) is 2.65. The van der Waals surface area contributed by atoms with Gasteiger partial charge >= 0.3 is 7.12 Å². The molecule has 2 aromatic rings. The zero-order valence-electron chi connectivity index (χ0n) is 10.2. The number of rotatable bonds is 4. The average molecular weight is 256 g/mol. The van der Waals surface area contributed by atoms with E-state index in [1.54, 1.807) is 30.6 Å². The summed E-state index contributed by atoms with van der Waals surface area (Å²) in [6.45, 7) is 0.400. The summed E-state index contributed by atoms with van der Waals surface area (Å²) < 4.78 is 0. The number of aromatic nitrogens is 1. The molecule has 0 aliphatic heterocycles. The zero-order chi connectivity index (χ0) is 13.7. The first kappa shape index (κ1) is 13.3.